The standard InChI is InChI=1S/C28H27N3O7S/c1-3-36-20-7-5-19(6-8-20)31-39(34,35)21-9-10-24-22(15-21)27(32)23(16-29-24)28(33)30-17(2)18-4-11-25-26(14-18)38-13-12-37-25/h4-11,14-17,31H,3,12-13H2,1-2H3,(H,29,32)(H,30,33). The van der Waals surface area contributed by atoms with Gasteiger partial charge in [0.25, 0.3) is 15.9 Å². The molecule has 11 heteroatoms. The first-order valence-corrected chi connectivity index (χ1v) is 13.8. The molecule has 2 heterocycles. The molecule has 1 aliphatic rings. The Morgan fingerprint density at radius 2 is 1.77 bits per heavy atom. The number of H-pyrrole nitrogens is 1. The van der Waals surface area contributed by atoms with Crippen LogP contribution >= 0.6 is 0 Å². The zero-order valence-electron chi connectivity index (χ0n) is 21.3. The van der Waals surface area contributed by atoms with Crippen LogP contribution in [0.4, 0.5) is 5.69 Å². The van der Waals surface area contributed by atoms with Gasteiger partial charge < -0.3 is 24.5 Å². The normalized spacial score (nSPS) is 13.5. The average Bonchev–Trinajstić information content (AvgIpc) is 2.93. The first-order valence-electron chi connectivity index (χ1n) is 12.4. The van der Waals surface area contributed by atoms with Crippen LogP contribution in [-0.4, -0.2) is 39.1 Å². The molecular formula is C28H27N3O7S. The van der Waals surface area contributed by atoms with E-state index in [0.717, 1.165) is 5.56 Å². The van der Waals surface area contributed by atoms with Crippen molar-refractivity contribution in [2.45, 2.75) is 24.8 Å². The van der Waals surface area contributed by atoms with Gasteiger partial charge >= 0.3 is 0 Å². The quantitative estimate of drug-likeness (QED) is 0.302. The number of carbonyl (C=O) groups is 1. The van der Waals surface area contributed by atoms with E-state index in [1.54, 1.807) is 43.3 Å². The Labute approximate surface area is 225 Å². The largest absolute Gasteiger partial charge is 0.494 e. The van der Waals surface area contributed by atoms with E-state index >= 15 is 0 Å². The Hall–Kier alpha value is -4.51. The smallest absolute Gasteiger partial charge is 0.261 e. The van der Waals surface area contributed by atoms with E-state index in [4.69, 9.17) is 14.2 Å². The minimum absolute atomic E-state index is 0.0733. The highest BCUT2D eigenvalue weighted by atomic mass is 32.2. The van der Waals surface area contributed by atoms with Crippen molar-refractivity contribution in [1.29, 1.82) is 0 Å². The maximum atomic E-state index is 13.3. The lowest BCUT2D eigenvalue weighted by Gasteiger charge is -2.21. The van der Waals surface area contributed by atoms with Crippen LogP contribution in [0.1, 0.15) is 35.8 Å². The minimum atomic E-state index is -4.01. The van der Waals surface area contributed by atoms with E-state index in [-0.39, 0.29) is 15.8 Å². The zero-order chi connectivity index (χ0) is 27.6. The van der Waals surface area contributed by atoms with Crippen molar-refractivity contribution in [3.8, 4) is 17.2 Å². The molecule has 1 amide bonds. The number of anilines is 1. The van der Waals surface area contributed by atoms with Gasteiger partial charge in [0, 0.05) is 22.8 Å². The first-order chi connectivity index (χ1) is 18.7. The van der Waals surface area contributed by atoms with Crippen LogP contribution in [-0.2, 0) is 10.0 Å². The highest BCUT2D eigenvalue weighted by Gasteiger charge is 2.21. The first kappa shape index (κ1) is 26.1. The molecule has 0 fully saturated rings. The number of rotatable bonds is 8. The van der Waals surface area contributed by atoms with Gasteiger partial charge in [0.1, 0.15) is 24.5 Å². The Kier molecular flexibility index (Phi) is 7.16. The molecule has 0 bridgehead atoms. The number of aromatic nitrogens is 1. The fourth-order valence-electron chi connectivity index (χ4n) is 4.22. The molecule has 0 saturated carbocycles. The summed E-state index contributed by atoms with van der Waals surface area (Å²) in [6.45, 7) is 5.05. The molecule has 3 aromatic carbocycles. The molecule has 1 atom stereocenters. The van der Waals surface area contributed by atoms with Crippen molar-refractivity contribution in [3.05, 3.63) is 88.2 Å². The van der Waals surface area contributed by atoms with Gasteiger partial charge in [0.15, 0.2) is 11.5 Å². The van der Waals surface area contributed by atoms with Crippen molar-refractivity contribution in [1.82, 2.24) is 10.3 Å². The number of amides is 1. The fourth-order valence-corrected chi connectivity index (χ4v) is 5.30. The lowest BCUT2D eigenvalue weighted by Crippen LogP contribution is -2.31. The Morgan fingerprint density at radius 3 is 2.51 bits per heavy atom. The molecule has 202 valence electrons. The number of nitrogens with one attached hydrogen (secondary N) is 3. The lowest BCUT2D eigenvalue weighted by molar-refractivity contribution is 0.0938. The van der Waals surface area contributed by atoms with Crippen molar-refractivity contribution in [2.75, 3.05) is 24.5 Å². The van der Waals surface area contributed by atoms with Gasteiger partial charge in [-0.3, -0.25) is 14.3 Å². The monoisotopic (exact) mass is 549 g/mol. The van der Waals surface area contributed by atoms with Gasteiger partial charge in [0.2, 0.25) is 5.43 Å². The van der Waals surface area contributed by atoms with Gasteiger partial charge in [0.05, 0.1) is 17.5 Å². The van der Waals surface area contributed by atoms with Crippen molar-refractivity contribution in [3.63, 3.8) is 0 Å². The molecular weight excluding hydrogens is 522 g/mol. The van der Waals surface area contributed by atoms with Gasteiger partial charge in [-0.05, 0) is 74.0 Å². The average molecular weight is 550 g/mol. The summed E-state index contributed by atoms with van der Waals surface area (Å²) < 4.78 is 45.1. The van der Waals surface area contributed by atoms with Crippen molar-refractivity contribution >= 4 is 32.5 Å². The van der Waals surface area contributed by atoms with E-state index in [2.05, 4.69) is 15.0 Å². The molecule has 3 N–H and O–H groups in total. The summed E-state index contributed by atoms with van der Waals surface area (Å²) in [7, 11) is -4.01. The summed E-state index contributed by atoms with van der Waals surface area (Å²) in [5.74, 6) is 1.25. The highest BCUT2D eigenvalue weighted by Crippen LogP contribution is 2.32. The predicted molar refractivity (Wildman–Crippen MR) is 146 cm³/mol. The zero-order valence-corrected chi connectivity index (χ0v) is 22.1. The van der Waals surface area contributed by atoms with Crippen LogP contribution in [0.15, 0.2) is 76.6 Å². The van der Waals surface area contributed by atoms with E-state index in [0.29, 0.717) is 48.3 Å². The van der Waals surface area contributed by atoms with Crippen LogP contribution in [0.25, 0.3) is 10.9 Å². The topological polar surface area (TPSA) is 136 Å². The maximum absolute atomic E-state index is 13.3. The van der Waals surface area contributed by atoms with Gasteiger partial charge in [-0.15, -0.1) is 0 Å². The van der Waals surface area contributed by atoms with Crippen LogP contribution in [0.2, 0.25) is 0 Å². The third-order valence-electron chi connectivity index (χ3n) is 6.24. The molecule has 1 aliphatic heterocycles. The summed E-state index contributed by atoms with van der Waals surface area (Å²) in [6.07, 6.45) is 1.32. The number of hydrogen-bond acceptors (Lipinski definition) is 7. The number of carbonyl (C=O) groups excluding carboxylic acids is 1. The fraction of sp³-hybridized carbons (Fsp3) is 0.214. The van der Waals surface area contributed by atoms with E-state index < -0.39 is 27.4 Å². The maximum Gasteiger partial charge on any atom is 0.261 e. The second-order valence-electron chi connectivity index (χ2n) is 8.90. The third kappa shape index (κ3) is 5.53. The number of benzene rings is 3. The molecule has 1 aromatic heterocycles. The highest BCUT2D eigenvalue weighted by molar-refractivity contribution is 7.92. The summed E-state index contributed by atoms with van der Waals surface area (Å²) in [5.41, 5.74) is 0.790. The number of sulfonamides is 1. The minimum Gasteiger partial charge on any atom is -0.494 e. The van der Waals surface area contributed by atoms with Crippen LogP contribution in [0, 0.1) is 0 Å². The molecule has 10 nitrogen and oxygen atoms in total. The van der Waals surface area contributed by atoms with Gasteiger partial charge in [-0.2, -0.15) is 0 Å². The second kappa shape index (κ2) is 10.7. The van der Waals surface area contributed by atoms with Crippen molar-refractivity contribution < 1.29 is 27.4 Å². The third-order valence-corrected chi connectivity index (χ3v) is 7.62. The van der Waals surface area contributed by atoms with Crippen LogP contribution in [0.3, 0.4) is 0 Å². The Morgan fingerprint density at radius 1 is 1.03 bits per heavy atom. The number of ether oxygens (including phenoxy) is 3. The predicted octanol–water partition coefficient (Wildman–Crippen LogP) is 3.99. The Balaban J connectivity index is 1.37. The van der Waals surface area contributed by atoms with E-state index in [1.165, 1.54) is 24.4 Å². The number of aromatic amines is 1. The number of pyridine rings is 1. The lowest BCUT2D eigenvalue weighted by atomic mass is 10.1. The summed E-state index contributed by atoms with van der Waals surface area (Å²) in [4.78, 5) is 29.1. The van der Waals surface area contributed by atoms with Crippen LogP contribution < -0.4 is 29.7 Å². The molecule has 5 rings (SSSR count). The SMILES string of the molecule is CCOc1ccc(NS(=O)(=O)c2ccc3[nH]cc(C(=O)NC(C)c4ccc5c(c4)OCCO5)c(=O)c3c2)cc1. The number of fused-ring (bicyclic) bond motifs is 2. The molecule has 0 spiro atoms. The number of hydrogen-bond donors (Lipinski definition) is 3. The molecule has 0 aliphatic carbocycles. The molecule has 0 radical (unpaired) electrons. The Bertz CT molecular complexity index is 1700. The molecule has 1 unspecified atom stereocenters. The summed E-state index contributed by atoms with van der Waals surface area (Å²) >= 11 is 0. The van der Waals surface area contributed by atoms with E-state index in [1.807, 2.05) is 13.0 Å². The molecule has 4 aromatic rings. The van der Waals surface area contributed by atoms with Crippen LogP contribution in [0.5, 0.6) is 17.2 Å². The molecule has 0 saturated heterocycles. The van der Waals surface area contributed by atoms with Crippen molar-refractivity contribution in [2.24, 2.45) is 0 Å². The second-order valence-corrected chi connectivity index (χ2v) is 10.6. The van der Waals surface area contributed by atoms with Gasteiger partial charge in [-0.1, -0.05) is 6.07 Å². The van der Waals surface area contributed by atoms with Gasteiger partial charge in [-0.25, -0.2) is 8.42 Å². The van der Waals surface area contributed by atoms with E-state index in [9.17, 15) is 18.0 Å². The molecule has 39 heavy (non-hydrogen) atoms. The summed E-state index contributed by atoms with van der Waals surface area (Å²) in [6, 6.07) is 15.6. The summed E-state index contributed by atoms with van der Waals surface area (Å²) in [5, 5.41) is 2.89.